The van der Waals surface area contributed by atoms with Crippen molar-refractivity contribution < 1.29 is 4.79 Å². The molecule has 3 rings (SSSR count). The van der Waals surface area contributed by atoms with E-state index in [1.54, 1.807) is 0 Å². The first-order valence-corrected chi connectivity index (χ1v) is 9.45. The predicted molar refractivity (Wildman–Crippen MR) is 110 cm³/mol. The zero-order chi connectivity index (χ0) is 19.1. The average molecular weight is 380 g/mol. The standard InChI is InChI=1S/C19H20N6OS/c1-13(17(26)21-14-8-4-2-5-9-14)27-12-16-23-18(20)25-19(24-16)22-15-10-6-3-7-11-15/h2-11,13H,12H2,1H3,(H,21,26)(H3,20,22,23,24,25). The van der Waals surface area contributed by atoms with Crippen molar-refractivity contribution in [3.8, 4) is 0 Å². The van der Waals surface area contributed by atoms with Gasteiger partial charge in [0.1, 0.15) is 5.82 Å². The molecule has 1 unspecified atom stereocenters. The van der Waals surface area contributed by atoms with E-state index in [1.165, 1.54) is 11.8 Å². The summed E-state index contributed by atoms with van der Waals surface area (Å²) in [6.07, 6.45) is 0. The Balaban J connectivity index is 1.59. The van der Waals surface area contributed by atoms with E-state index in [9.17, 15) is 4.79 Å². The summed E-state index contributed by atoms with van der Waals surface area (Å²) < 4.78 is 0. The molecule has 0 saturated heterocycles. The monoisotopic (exact) mass is 380 g/mol. The number of hydrogen-bond donors (Lipinski definition) is 3. The molecular weight excluding hydrogens is 360 g/mol. The van der Waals surface area contributed by atoms with Crippen molar-refractivity contribution in [3.63, 3.8) is 0 Å². The third-order valence-electron chi connectivity index (χ3n) is 3.60. The van der Waals surface area contributed by atoms with Gasteiger partial charge in [-0.2, -0.15) is 15.0 Å². The van der Waals surface area contributed by atoms with Crippen molar-refractivity contribution >= 4 is 40.9 Å². The third kappa shape index (κ3) is 5.68. The van der Waals surface area contributed by atoms with E-state index in [1.807, 2.05) is 67.6 Å². The second-order valence-corrected chi connectivity index (χ2v) is 7.06. The first kappa shape index (κ1) is 18.7. The Kier molecular flexibility index (Phi) is 6.22. The zero-order valence-electron chi connectivity index (χ0n) is 14.8. The van der Waals surface area contributed by atoms with Gasteiger partial charge in [-0.1, -0.05) is 36.4 Å². The van der Waals surface area contributed by atoms with Crippen molar-refractivity contribution in [2.45, 2.75) is 17.9 Å². The molecule has 1 atom stereocenters. The molecular formula is C19H20N6OS. The number of thioether (sulfide) groups is 1. The number of amides is 1. The summed E-state index contributed by atoms with van der Waals surface area (Å²) in [4.78, 5) is 24.9. The van der Waals surface area contributed by atoms with Gasteiger partial charge in [-0.05, 0) is 31.2 Å². The maximum absolute atomic E-state index is 12.3. The number of carbonyl (C=O) groups excluding carboxylic acids is 1. The fraction of sp³-hybridized carbons (Fsp3) is 0.158. The van der Waals surface area contributed by atoms with Crippen LogP contribution < -0.4 is 16.4 Å². The van der Waals surface area contributed by atoms with Crippen LogP contribution in [0.5, 0.6) is 0 Å². The van der Waals surface area contributed by atoms with Gasteiger partial charge in [0, 0.05) is 11.4 Å². The maximum Gasteiger partial charge on any atom is 0.237 e. The molecule has 0 aliphatic heterocycles. The number of rotatable bonds is 7. The molecule has 1 aromatic heterocycles. The van der Waals surface area contributed by atoms with Crippen LogP contribution in [0, 0.1) is 0 Å². The van der Waals surface area contributed by atoms with E-state index >= 15 is 0 Å². The van der Waals surface area contributed by atoms with E-state index in [0.717, 1.165) is 11.4 Å². The predicted octanol–water partition coefficient (Wildman–Crippen LogP) is 3.46. The number of nitrogens with zero attached hydrogens (tertiary/aromatic N) is 3. The summed E-state index contributed by atoms with van der Waals surface area (Å²) in [5, 5.41) is 5.71. The second kappa shape index (κ2) is 9.00. The van der Waals surface area contributed by atoms with Crippen LogP contribution in [0.25, 0.3) is 0 Å². The molecule has 0 bridgehead atoms. The molecule has 27 heavy (non-hydrogen) atoms. The fourth-order valence-electron chi connectivity index (χ4n) is 2.25. The van der Waals surface area contributed by atoms with Crippen LogP contribution in [0.3, 0.4) is 0 Å². The van der Waals surface area contributed by atoms with E-state index in [4.69, 9.17) is 5.73 Å². The lowest BCUT2D eigenvalue weighted by Gasteiger charge is -2.12. The molecule has 0 radical (unpaired) electrons. The number of benzene rings is 2. The van der Waals surface area contributed by atoms with Crippen LogP contribution in [0.2, 0.25) is 0 Å². The van der Waals surface area contributed by atoms with Gasteiger partial charge in [-0.15, -0.1) is 11.8 Å². The van der Waals surface area contributed by atoms with Crippen LogP contribution in [-0.4, -0.2) is 26.1 Å². The van der Waals surface area contributed by atoms with Gasteiger partial charge in [0.2, 0.25) is 17.8 Å². The lowest BCUT2D eigenvalue weighted by atomic mass is 10.3. The minimum absolute atomic E-state index is 0.0733. The highest BCUT2D eigenvalue weighted by Crippen LogP contribution is 2.19. The highest BCUT2D eigenvalue weighted by molar-refractivity contribution is 7.99. The quantitative estimate of drug-likeness (QED) is 0.576. The van der Waals surface area contributed by atoms with Crippen molar-refractivity contribution in [2.24, 2.45) is 0 Å². The molecule has 1 heterocycles. The first-order valence-electron chi connectivity index (χ1n) is 8.40. The minimum Gasteiger partial charge on any atom is -0.368 e. The molecule has 0 aliphatic rings. The number of hydrogen-bond acceptors (Lipinski definition) is 7. The van der Waals surface area contributed by atoms with Gasteiger partial charge in [-0.3, -0.25) is 4.79 Å². The van der Waals surface area contributed by atoms with Gasteiger partial charge in [0.15, 0.2) is 0 Å². The SMILES string of the molecule is CC(SCc1nc(N)nc(Nc2ccccc2)n1)C(=O)Nc1ccccc1. The molecule has 0 aliphatic carbocycles. The van der Waals surface area contributed by atoms with E-state index in [-0.39, 0.29) is 17.1 Å². The van der Waals surface area contributed by atoms with Gasteiger partial charge in [-0.25, -0.2) is 0 Å². The number of nitrogen functional groups attached to an aromatic ring is 1. The normalized spacial score (nSPS) is 11.6. The topological polar surface area (TPSA) is 106 Å². The second-order valence-electron chi connectivity index (χ2n) is 5.73. The Labute approximate surface area is 161 Å². The van der Waals surface area contributed by atoms with E-state index in [2.05, 4.69) is 25.6 Å². The Bertz CT molecular complexity index is 891. The van der Waals surface area contributed by atoms with Crippen LogP contribution >= 0.6 is 11.8 Å². The zero-order valence-corrected chi connectivity index (χ0v) is 15.6. The molecule has 2 aromatic carbocycles. The lowest BCUT2D eigenvalue weighted by Crippen LogP contribution is -2.22. The molecule has 0 spiro atoms. The summed E-state index contributed by atoms with van der Waals surface area (Å²) >= 11 is 1.43. The summed E-state index contributed by atoms with van der Waals surface area (Å²) in [5.74, 6) is 1.41. The van der Waals surface area contributed by atoms with Crippen molar-refractivity contribution in [1.82, 2.24) is 15.0 Å². The molecule has 0 fully saturated rings. The van der Waals surface area contributed by atoms with Gasteiger partial charge in [0.25, 0.3) is 0 Å². The highest BCUT2D eigenvalue weighted by Gasteiger charge is 2.15. The number of nitrogens with two attached hydrogens (primary N) is 1. The van der Waals surface area contributed by atoms with Crippen molar-refractivity contribution in [2.75, 3.05) is 16.4 Å². The van der Waals surface area contributed by atoms with Crippen LogP contribution in [0.1, 0.15) is 12.7 Å². The highest BCUT2D eigenvalue weighted by atomic mass is 32.2. The van der Waals surface area contributed by atoms with E-state index < -0.39 is 0 Å². The van der Waals surface area contributed by atoms with Crippen molar-refractivity contribution in [1.29, 1.82) is 0 Å². The van der Waals surface area contributed by atoms with Gasteiger partial charge < -0.3 is 16.4 Å². The Morgan fingerprint density at radius 2 is 1.63 bits per heavy atom. The summed E-state index contributed by atoms with van der Waals surface area (Å²) in [6, 6.07) is 18.9. The average Bonchev–Trinajstić information content (AvgIpc) is 2.67. The molecule has 8 heteroatoms. The molecule has 7 nitrogen and oxygen atoms in total. The lowest BCUT2D eigenvalue weighted by molar-refractivity contribution is -0.115. The molecule has 3 aromatic rings. The van der Waals surface area contributed by atoms with Crippen LogP contribution in [0.4, 0.5) is 23.3 Å². The third-order valence-corrected chi connectivity index (χ3v) is 4.74. The van der Waals surface area contributed by atoms with E-state index in [0.29, 0.717) is 17.5 Å². The smallest absolute Gasteiger partial charge is 0.237 e. The Hall–Kier alpha value is -3.13. The van der Waals surface area contributed by atoms with Gasteiger partial charge in [0.05, 0.1) is 11.0 Å². The summed E-state index contributed by atoms with van der Waals surface area (Å²) in [6.45, 7) is 1.84. The molecule has 138 valence electrons. The van der Waals surface area contributed by atoms with Crippen LogP contribution in [0.15, 0.2) is 60.7 Å². The van der Waals surface area contributed by atoms with Crippen molar-refractivity contribution in [3.05, 3.63) is 66.5 Å². The number of aromatic nitrogens is 3. The van der Waals surface area contributed by atoms with Gasteiger partial charge >= 0.3 is 0 Å². The molecule has 1 amide bonds. The largest absolute Gasteiger partial charge is 0.368 e. The summed E-state index contributed by atoms with van der Waals surface area (Å²) in [5.41, 5.74) is 7.42. The number of carbonyl (C=O) groups is 1. The minimum atomic E-state index is -0.270. The molecule has 4 N–H and O–H groups in total. The summed E-state index contributed by atoms with van der Waals surface area (Å²) in [7, 11) is 0. The number of para-hydroxylation sites is 2. The fourth-order valence-corrected chi connectivity index (χ4v) is 2.99. The molecule has 0 saturated carbocycles. The Morgan fingerprint density at radius 3 is 2.30 bits per heavy atom. The first-order chi connectivity index (χ1) is 13.1. The number of nitrogens with one attached hydrogen (secondary N) is 2. The Morgan fingerprint density at radius 1 is 1.00 bits per heavy atom. The number of anilines is 4. The maximum atomic E-state index is 12.3. The van der Waals surface area contributed by atoms with Crippen LogP contribution in [-0.2, 0) is 10.5 Å².